The molecule has 5 heteroatoms. The number of nitrogens with one attached hydrogen (secondary N) is 1. The van der Waals surface area contributed by atoms with Crippen molar-refractivity contribution in [2.24, 2.45) is 0 Å². The predicted octanol–water partition coefficient (Wildman–Crippen LogP) is 4.40. The van der Waals surface area contributed by atoms with E-state index < -0.39 is 11.0 Å². The first-order valence-electron chi connectivity index (χ1n) is 7.33. The normalized spacial score (nSPS) is 12.1. The molecule has 118 valence electrons. The Labute approximate surface area is 138 Å². The molecule has 1 heterocycles. The Kier molecular flexibility index (Phi) is 4.30. The molecular weight excluding hydrogens is 308 g/mol. The van der Waals surface area contributed by atoms with Gasteiger partial charge in [-0.25, -0.2) is 4.21 Å². The number of hydrogen-bond acceptors (Lipinski definition) is 3. The zero-order valence-electron chi connectivity index (χ0n) is 13.3. The van der Waals surface area contributed by atoms with Crippen molar-refractivity contribution < 1.29 is 8.73 Å². The molecule has 0 aliphatic rings. The van der Waals surface area contributed by atoms with Crippen molar-refractivity contribution >= 4 is 16.8 Å². The zero-order chi connectivity index (χ0) is 16.4. The Morgan fingerprint density at radius 2 is 1.70 bits per heavy atom. The van der Waals surface area contributed by atoms with Gasteiger partial charge in [0.15, 0.2) is 16.8 Å². The van der Waals surface area contributed by atoms with Crippen LogP contribution in [0.2, 0.25) is 0 Å². The number of aryl methyl sites for hydroxylation is 2. The Bertz CT molecular complexity index is 854. The summed E-state index contributed by atoms with van der Waals surface area (Å²) in [6.45, 7) is 5.76. The summed E-state index contributed by atoms with van der Waals surface area (Å²) in [6, 6.07) is 15.8. The van der Waals surface area contributed by atoms with E-state index in [-0.39, 0.29) is 0 Å². The lowest BCUT2D eigenvalue weighted by atomic mass is 10.0. The van der Waals surface area contributed by atoms with Crippen LogP contribution in [-0.4, -0.2) is 9.37 Å². The average Bonchev–Trinajstić information content (AvgIpc) is 2.87. The molecule has 0 spiro atoms. The third-order valence-electron chi connectivity index (χ3n) is 3.80. The van der Waals surface area contributed by atoms with Gasteiger partial charge in [-0.1, -0.05) is 53.2 Å². The fourth-order valence-corrected chi connectivity index (χ4v) is 3.32. The van der Waals surface area contributed by atoms with Crippen LogP contribution in [0.4, 0.5) is 5.82 Å². The van der Waals surface area contributed by atoms with Crippen LogP contribution in [0.5, 0.6) is 0 Å². The summed E-state index contributed by atoms with van der Waals surface area (Å²) in [5, 5.41) is 3.92. The minimum atomic E-state index is -1.42. The highest BCUT2D eigenvalue weighted by atomic mass is 32.2. The molecular formula is C18H18N2O2S. The van der Waals surface area contributed by atoms with Gasteiger partial charge < -0.3 is 4.52 Å². The maximum Gasteiger partial charge on any atom is 0.184 e. The standard InChI is InChI=1S/C18H18N2O2S/c1-12-8-10-15(11-9-12)16-6-4-5-7-17(16)23(21)20-18-13(2)14(3)22-19-18/h4-11H,1-3H3,(H,19,20). The monoisotopic (exact) mass is 326 g/mol. The van der Waals surface area contributed by atoms with Crippen LogP contribution in [0, 0.1) is 20.8 Å². The van der Waals surface area contributed by atoms with Crippen LogP contribution >= 0.6 is 0 Å². The molecule has 0 bridgehead atoms. The maximum absolute atomic E-state index is 12.8. The molecule has 1 aromatic heterocycles. The third-order valence-corrected chi connectivity index (χ3v) is 4.93. The Hall–Kier alpha value is -2.40. The topological polar surface area (TPSA) is 55.1 Å². The van der Waals surface area contributed by atoms with Gasteiger partial charge in [0.25, 0.3) is 0 Å². The van der Waals surface area contributed by atoms with Gasteiger partial charge in [0, 0.05) is 5.56 Å². The number of benzene rings is 2. The molecule has 3 aromatic rings. The third kappa shape index (κ3) is 3.19. The molecule has 0 aliphatic carbocycles. The number of anilines is 1. The van der Waals surface area contributed by atoms with Crippen LogP contribution in [0.1, 0.15) is 16.9 Å². The predicted molar refractivity (Wildman–Crippen MR) is 92.6 cm³/mol. The van der Waals surface area contributed by atoms with Gasteiger partial charge in [-0.2, -0.15) is 0 Å². The number of nitrogens with zero attached hydrogens (tertiary/aromatic N) is 1. The minimum absolute atomic E-state index is 0.513. The van der Waals surface area contributed by atoms with Crippen molar-refractivity contribution in [1.29, 1.82) is 0 Å². The molecule has 0 aliphatic heterocycles. The van der Waals surface area contributed by atoms with Crippen molar-refractivity contribution in [2.45, 2.75) is 25.7 Å². The highest BCUT2D eigenvalue weighted by Gasteiger charge is 2.15. The van der Waals surface area contributed by atoms with E-state index in [9.17, 15) is 4.21 Å². The minimum Gasteiger partial charge on any atom is -0.359 e. The van der Waals surface area contributed by atoms with E-state index in [1.165, 1.54) is 5.56 Å². The Morgan fingerprint density at radius 3 is 2.35 bits per heavy atom. The molecule has 0 saturated carbocycles. The second kappa shape index (κ2) is 6.38. The average molecular weight is 326 g/mol. The SMILES string of the molecule is Cc1ccc(-c2ccccc2S(=O)Nc2noc(C)c2C)cc1. The van der Waals surface area contributed by atoms with Crippen molar-refractivity contribution in [3.05, 3.63) is 65.4 Å². The second-order valence-electron chi connectivity index (χ2n) is 5.45. The van der Waals surface area contributed by atoms with Crippen molar-refractivity contribution in [3.63, 3.8) is 0 Å². The maximum atomic E-state index is 12.8. The quantitative estimate of drug-likeness (QED) is 0.773. The van der Waals surface area contributed by atoms with Crippen molar-refractivity contribution in [2.75, 3.05) is 4.72 Å². The van der Waals surface area contributed by atoms with E-state index in [0.717, 1.165) is 27.3 Å². The van der Waals surface area contributed by atoms with Crippen molar-refractivity contribution in [3.8, 4) is 11.1 Å². The van der Waals surface area contributed by atoms with Crippen LogP contribution in [-0.2, 0) is 11.0 Å². The van der Waals surface area contributed by atoms with E-state index in [1.807, 2.05) is 69.3 Å². The number of aromatic nitrogens is 1. The van der Waals surface area contributed by atoms with Crippen LogP contribution < -0.4 is 4.72 Å². The van der Waals surface area contributed by atoms with E-state index in [1.54, 1.807) is 0 Å². The van der Waals surface area contributed by atoms with E-state index in [4.69, 9.17) is 4.52 Å². The highest BCUT2D eigenvalue weighted by Crippen LogP contribution is 2.28. The fourth-order valence-electron chi connectivity index (χ4n) is 2.26. The first kappa shape index (κ1) is 15.5. The van der Waals surface area contributed by atoms with Crippen LogP contribution in [0.25, 0.3) is 11.1 Å². The van der Waals surface area contributed by atoms with Gasteiger partial charge >= 0.3 is 0 Å². The van der Waals surface area contributed by atoms with Gasteiger partial charge in [0.2, 0.25) is 0 Å². The smallest absolute Gasteiger partial charge is 0.184 e. The van der Waals surface area contributed by atoms with Crippen molar-refractivity contribution in [1.82, 2.24) is 5.16 Å². The summed E-state index contributed by atoms with van der Waals surface area (Å²) in [6.07, 6.45) is 0. The summed E-state index contributed by atoms with van der Waals surface area (Å²) in [7, 11) is -1.42. The lowest BCUT2D eigenvalue weighted by molar-refractivity contribution is 0.399. The van der Waals surface area contributed by atoms with Gasteiger partial charge in [-0.15, -0.1) is 0 Å². The molecule has 4 nitrogen and oxygen atoms in total. The zero-order valence-corrected chi connectivity index (χ0v) is 14.1. The van der Waals surface area contributed by atoms with Gasteiger partial charge in [-0.05, 0) is 38.0 Å². The molecule has 0 saturated heterocycles. The molecule has 0 radical (unpaired) electrons. The highest BCUT2D eigenvalue weighted by molar-refractivity contribution is 7.86. The van der Waals surface area contributed by atoms with E-state index >= 15 is 0 Å². The number of hydrogen-bond donors (Lipinski definition) is 1. The fraction of sp³-hybridized carbons (Fsp3) is 0.167. The van der Waals surface area contributed by atoms with Gasteiger partial charge in [-0.3, -0.25) is 4.72 Å². The summed E-state index contributed by atoms with van der Waals surface area (Å²) in [5.74, 6) is 1.23. The molecule has 0 fully saturated rings. The van der Waals surface area contributed by atoms with Gasteiger partial charge in [0.05, 0.1) is 4.90 Å². The molecule has 1 N–H and O–H groups in total. The Morgan fingerprint density at radius 1 is 1.00 bits per heavy atom. The molecule has 1 unspecified atom stereocenters. The summed E-state index contributed by atoms with van der Waals surface area (Å²) < 4.78 is 20.8. The second-order valence-corrected chi connectivity index (χ2v) is 6.63. The molecule has 2 aromatic carbocycles. The summed E-state index contributed by atoms with van der Waals surface area (Å²) in [4.78, 5) is 0.719. The van der Waals surface area contributed by atoms with E-state index in [0.29, 0.717) is 5.82 Å². The molecule has 23 heavy (non-hydrogen) atoms. The summed E-state index contributed by atoms with van der Waals surface area (Å²) >= 11 is 0. The first-order valence-corrected chi connectivity index (χ1v) is 8.48. The van der Waals surface area contributed by atoms with E-state index in [2.05, 4.69) is 9.88 Å². The first-order chi connectivity index (χ1) is 11.1. The molecule has 0 amide bonds. The molecule has 1 atom stereocenters. The van der Waals surface area contributed by atoms with Crippen LogP contribution in [0.3, 0.4) is 0 Å². The lowest BCUT2D eigenvalue weighted by Crippen LogP contribution is -2.07. The summed E-state index contributed by atoms with van der Waals surface area (Å²) in [5.41, 5.74) is 4.04. The van der Waals surface area contributed by atoms with Crippen LogP contribution in [0.15, 0.2) is 57.9 Å². The Balaban J connectivity index is 1.95. The lowest BCUT2D eigenvalue weighted by Gasteiger charge is -2.10. The molecule has 3 rings (SSSR count). The number of rotatable bonds is 4. The largest absolute Gasteiger partial charge is 0.359 e. The van der Waals surface area contributed by atoms with Gasteiger partial charge in [0.1, 0.15) is 5.76 Å².